The van der Waals surface area contributed by atoms with Gasteiger partial charge in [-0.1, -0.05) is 42.1 Å². The zero-order valence-corrected chi connectivity index (χ0v) is 16.1. The molecule has 8 heteroatoms. The van der Waals surface area contributed by atoms with Gasteiger partial charge in [0, 0.05) is 18.1 Å². The van der Waals surface area contributed by atoms with Crippen molar-refractivity contribution in [1.29, 1.82) is 0 Å². The Hall–Kier alpha value is -2.74. The Bertz CT molecular complexity index is 935. The molecule has 0 saturated heterocycles. The van der Waals surface area contributed by atoms with E-state index in [1.165, 1.54) is 0 Å². The van der Waals surface area contributed by atoms with Gasteiger partial charge in [0.1, 0.15) is 16.3 Å². The Labute approximate surface area is 165 Å². The van der Waals surface area contributed by atoms with Gasteiger partial charge < -0.3 is 9.64 Å². The number of hydrogen-bond acceptors (Lipinski definition) is 5. The fourth-order valence-electron chi connectivity index (χ4n) is 2.51. The highest BCUT2D eigenvalue weighted by Gasteiger charge is 2.35. The summed E-state index contributed by atoms with van der Waals surface area (Å²) in [4.78, 5) is 10.4. The highest BCUT2D eigenvalue weighted by molar-refractivity contribution is 7.99. The first-order valence-electron chi connectivity index (χ1n) is 8.53. The van der Waals surface area contributed by atoms with Crippen molar-refractivity contribution in [3.63, 3.8) is 0 Å². The molecular formula is C20H18F3N3OS. The minimum Gasteiger partial charge on any atom is -0.492 e. The molecule has 0 N–H and O–H groups in total. The van der Waals surface area contributed by atoms with Gasteiger partial charge in [0.2, 0.25) is 5.95 Å². The molecule has 0 unspecified atom stereocenters. The molecule has 0 fully saturated rings. The molecule has 146 valence electrons. The van der Waals surface area contributed by atoms with E-state index in [1.807, 2.05) is 19.1 Å². The summed E-state index contributed by atoms with van der Waals surface area (Å²) in [6.07, 6.45) is -3.72. The van der Waals surface area contributed by atoms with Crippen LogP contribution in [0, 0.1) is 0 Å². The molecule has 0 spiro atoms. The molecule has 28 heavy (non-hydrogen) atoms. The number of halogens is 3. The number of benzene rings is 2. The van der Waals surface area contributed by atoms with Crippen LogP contribution in [0.1, 0.15) is 12.5 Å². The Balaban J connectivity index is 2.02. The molecule has 0 aliphatic carbocycles. The minimum absolute atomic E-state index is 0.149. The number of para-hydroxylation sites is 2. The number of hydrogen-bond donors (Lipinski definition) is 0. The summed E-state index contributed by atoms with van der Waals surface area (Å²) in [5.74, 6) is 0.756. The SMILES string of the molecule is CCOc1ccccc1N(C)c1ncc(C(F)(F)F)c(Sc2ccccc2)n1. The van der Waals surface area contributed by atoms with E-state index in [0.717, 1.165) is 18.0 Å². The van der Waals surface area contributed by atoms with Crippen molar-refractivity contribution in [1.82, 2.24) is 9.97 Å². The van der Waals surface area contributed by atoms with E-state index in [-0.39, 0.29) is 11.0 Å². The normalized spacial score (nSPS) is 11.3. The predicted octanol–water partition coefficient (Wildman–Crippen LogP) is 5.81. The van der Waals surface area contributed by atoms with Gasteiger partial charge >= 0.3 is 6.18 Å². The van der Waals surface area contributed by atoms with Crippen molar-refractivity contribution in [2.45, 2.75) is 23.0 Å². The molecule has 0 aliphatic rings. The van der Waals surface area contributed by atoms with Gasteiger partial charge in [0.25, 0.3) is 0 Å². The van der Waals surface area contributed by atoms with E-state index in [9.17, 15) is 13.2 Å². The molecule has 0 bridgehead atoms. The molecule has 4 nitrogen and oxygen atoms in total. The fraction of sp³-hybridized carbons (Fsp3) is 0.200. The van der Waals surface area contributed by atoms with E-state index in [0.29, 0.717) is 22.9 Å². The molecule has 3 rings (SSSR count). The summed E-state index contributed by atoms with van der Waals surface area (Å²) >= 11 is 0.953. The number of rotatable bonds is 6. The van der Waals surface area contributed by atoms with Gasteiger partial charge in [-0.2, -0.15) is 13.2 Å². The van der Waals surface area contributed by atoms with Crippen molar-refractivity contribution >= 4 is 23.4 Å². The molecule has 1 aromatic heterocycles. The van der Waals surface area contributed by atoms with Crippen LogP contribution in [0.2, 0.25) is 0 Å². The second kappa shape index (κ2) is 8.52. The van der Waals surface area contributed by atoms with E-state index in [2.05, 4.69) is 9.97 Å². The first-order valence-corrected chi connectivity index (χ1v) is 9.34. The Morgan fingerprint density at radius 1 is 1.04 bits per heavy atom. The van der Waals surface area contributed by atoms with Crippen LogP contribution in [-0.2, 0) is 6.18 Å². The summed E-state index contributed by atoms with van der Waals surface area (Å²) in [5.41, 5.74) is -0.198. The number of alkyl halides is 3. The molecule has 0 aliphatic heterocycles. The van der Waals surface area contributed by atoms with Gasteiger partial charge in [-0.05, 0) is 31.2 Å². The van der Waals surface area contributed by atoms with Gasteiger partial charge in [-0.3, -0.25) is 0 Å². The van der Waals surface area contributed by atoms with Crippen molar-refractivity contribution in [2.75, 3.05) is 18.6 Å². The molecule has 0 radical (unpaired) electrons. The van der Waals surface area contributed by atoms with E-state index in [4.69, 9.17) is 4.74 Å². The first-order chi connectivity index (χ1) is 13.4. The second-order valence-electron chi connectivity index (χ2n) is 5.76. The lowest BCUT2D eigenvalue weighted by molar-refractivity contribution is -0.140. The largest absolute Gasteiger partial charge is 0.492 e. The maximum atomic E-state index is 13.4. The number of anilines is 2. The zero-order valence-electron chi connectivity index (χ0n) is 15.3. The standard InChI is InChI=1S/C20H18F3N3OS/c1-3-27-17-12-8-7-11-16(17)26(2)19-24-13-15(20(21,22)23)18(25-19)28-14-9-5-4-6-10-14/h4-13H,3H2,1-2H3. The topological polar surface area (TPSA) is 38.2 Å². The van der Waals surface area contributed by atoms with Gasteiger partial charge in [0.15, 0.2) is 0 Å². The number of nitrogens with zero attached hydrogens (tertiary/aromatic N) is 3. The highest BCUT2D eigenvalue weighted by atomic mass is 32.2. The zero-order chi connectivity index (χ0) is 20.1. The van der Waals surface area contributed by atoms with Crippen LogP contribution >= 0.6 is 11.8 Å². The molecule has 1 heterocycles. The van der Waals surface area contributed by atoms with Crippen LogP contribution in [0.5, 0.6) is 5.75 Å². The van der Waals surface area contributed by atoms with Crippen LogP contribution < -0.4 is 9.64 Å². The quantitative estimate of drug-likeness (QED) is 0.484. The summed E-state index contributed by atoms with van der Waals surface area (Å²) < 4.78 is 45.9. The van der Waals surface area contributed by atoms with Crippen LogP contribution in [0.4, 0.5) is 24.8 Å². The van der Waals surface area contributed by atoms with Gasteiger partial charge in [0.05, 0.1) is 12.3 Å². The third-order valence-electron chi connectivity index (χ3n) is 3.83. The summed E-state index contributed by atoms with van der Waals surface area (Å²) in [7, 11) is 1.69. The second-order valence-corrected chi connectivity index (χ2v) is 6.82. The molecule has 3 aromatic rings. The van der Waals surface area contributed by atoms with E-state index < -0.39 is 11.7 Å². The lowest BCUT2D eigenvalue weighted by Crippen LogP contribution is -2.17. The van der Waals surface area contributed by atoms with Crippen molar-refractivity contribution in [3.05, 3.63) is 66.4 Å². The van der Waals surface area contributed by atoms with E-state index in [1.54, 1.807) is 54.4 Å². The third kappa shape index (κ3) is 4.56. The van der Waals surface area contributed by atoms with E-state index >= 15 is 0 Å². The molecular weight excluding hydrogens is 387 g/mol. The minimum atomic E-state index is -4.54. The molecule has 2 aromatic carbocycles. The average Bonchev–Trinajstić information content (AvgIpc) is 2.68. The Kier molecular flexibility index (Phi) is 6.08. The van der Waals surface area contributed by atoms with Crippen LogP contribution in [0.15, 0.2) is 70.7 Å². The van der Waals surface area contributed by atoms with Gasteiger partial charge in [-0.25, -0.2) is 9.97 Å². The molecule has 0 amide bonds. The predicted molar refractivity (Wildman–Crippen MR) is 103 cm³/mol. The van der Waals surface area contributed by atoms with Crippen LogP contribution in [-0.4, -0.2) is 23.6 Å². The maximum Gasteiger partial charge on any atom is 0.420 e. The monoisotopic (exact) mass is 405 g/mol. The Morgan fingerprint density at radius 2 is 1.71 bits per heavy atom. The van der Waals surface area contributed by atoms with Gasteiger partial charge in [-0.15, -0.1) is 0 Å². The lowest BCUT2D eigenvalue weighted by Gasteiger charge is -2.21. The van der Waals surface area contributed by atoms with Crippen LogP contribution in [0.25, 0.3) is 0 Å². The maximum absolute atomic E-state index is 13.4. The number of ether oxygens (including phenoxy) is 1. The van der Waals surface area contributed by atoms with Crippen molar-refractivity contribution in [2.24, 2.45) is 0 Å². The summed E-state index contributed by atoms with van der Waals surface area (Å²) in [6, 6.07) is 16.0. The molecule has 0 saturated carbocycles. The third-order valence-corrected chi connectivity index (χ3v) is 4.84. The fourth-order valence-corrected chi connectivity index (χ4v) is 3.43. The highest BCUT2D eigenvalue weighted by Crippen LogP contribution is 2.39. The van der Waals surface area contributed by atoms with Crippen molar-refractivity contribution in [3.8, 4) is 5.75 Å². The van der Waals surface area contributed by atoms with Crippen molar-refractivity contribution < 1.29 is 17.9 Å². The summed E-state index contributed by atoms with van der Waals surface area (Å²) in [5, 5.41) is -0.149. The smallest absolute Gasteiger partial charge is 0.420 e. The lowest BCUT2D eigenvalue weighted by atomic mass is 10.2. The average molecular weight is 405 g/mol. The first kappa shape index (κ1) is 20.0. The number of aromatic nitrogens is 2. The van der Waals surface area contributed by atoms with Crippen LogP contribution in [0.3, 0.4) is 0 Å². The summed E-state index contributed by atoms with van der Waals surface area (Å²) in [6.45, 7) is 2.33. The Morgan fingerprint density at radius 3 is 2.39 bits per heavy atom. The molecule has 0 atom stereocenters.